The summed E-state index contributed by atoms with van der Waals surface area (Å²) < 4.78 is 12.0. The summed E-state index contributed by atoms with van der Waals surface area (Å²) in [6.07, 6.45) is 1.07. The van der Waals surface area contributed by atoms with Gasteiger partial charge in [-0.25, -0.2) is 4.63 Å². The molecule has 3 aromatic rings. The van der Waals surface area contributed by atoms with E-state index in [1.54, 1.807) is 0 Å². The first-order valence-corrected chi connectivity index (χ1v) is 9.47. The van der Waals surface area contributed by atoms with Gasteiger partial charge in [-0.15, -0.1) is 5.10 Å². The third-order valence-electron chi connectivity index (χ3n) is 4.64. The molecule has 0 spiro atoms. The molecule has 0 saturated carbocycles. The lowest BCUT2D eigenvalue weighted by Crippen LogP contribution is -2.43. The number of rotatable bonds is 6. The van der Waals surface area contributed by atoms with Gasteiger partial charge in [-0.1, -0.05) is 5.21 Å². The molecular weight excluding hydrogens is 444 g/mol. The maximum Gasteiger partial charge on any atom is 0.320 e. The summed E-state index contributed by atoms with van der Waals surface area (Å²) in [6.45, 7) is 2.52. The molecule has 174 valence electrons. The van der Waals surface area contributed by atoms with E-state index in [4.69, 9.17) is 10.5 Å². The van der Waals surface area contributed by atoms with Crippen LogP contribution < -0.4 is 16.6 Å². The lowest BCUT2D eigenvalue weighted by molar-refractivity contribution is -0.385. The number of amides is 2. The van der Waals surface area contributed by atoms with Gasteiger partial charge < -0.3 is 10.5 Å². The summed E-state index contributed by atoms with van der Waals surface area (Å²) in [5.41, 5.74) is 9.17. The number of hydrogen-bond donors (Lipinski definition) is 3. The SMILES string of the molecule is Cn1cc([N+](=O)[O-])c(C(=O)NNC(=O)c2c(CN3CCOCC3)nnn2-c2nonc2N)n1. The van der Waals surface area contributed by atoms with E-state index >= 15 is 0 Å². The van der Waals surface area contributed by atoms with E-state index in [2.05, 4.69) is 41.2 Å². The van der Waals surface area contributed by atoms with Crippen molar-refractivity contribution in [3.8, 4) is 5.82 Å². The number of ether oxygens (including phenoxy) is 1. The molecule has 1 fully saturated rings. The minimum absolute atomic E-state index is 0.0763. The van der Waals surface area contributed by atoms with Gasteiger partial charge in [-0.3, -0.25) is 40.1 Å². The molecule has 0 radical (unpaired) electrons. The fourth-order valence-electron chi connectivity index (χ4n) is 3.11. The van der Waals surface area contributed by atoms with E-state index in [1.807, 2.05) is 4.90 Å². The molecule has 0 bridgehead atoms. The molecule has 1 aliphatic heterocycles. The van der Waals surface area contributed by atoms with Gasteiger partial charge >= 0.3 is 5.69 Å². The van der Waals surface area contributed by atoms with Gasteiger partial charge in [0.1, 0.15) is 11.9 Å². The quantitative estimate of drug-likeness (QED) is 0.261. The predicted octanol–water partition coefficient (Wildman–Crippen LogP) is -2.22. The lowest BCUT2D eigenvalue weighted by atomic mass is 10.2. The minimum Gasteiger partial charge on any atom is -0.379 e. The van der Waals surface area contributed by atoms with Crippen LogP contribution in [-0.2, 0) is 18.3 Å². The monoisotopic (exact) mass is 462 g/mol. The van der Waals surface area contributed by atoms with Crippen molar-refractivity contribution in [1.29, 1.82) is 0 Å². The maximum atomic E-state index is 13.0. The molecule has 4 rings (SSSR count). The highest BCUT2D eigenvalue weighted by Gasteiger charge is 2.29. The van der Waals surface area contributed by atoms with Crippen molar-refractivity contribution in [2.75, 3.05) is 32.0 Å². The summed E-state index contributed by atoms with van der Waals surface area (Å²) in [7, 11) is 1.42. The molecule has 2 amide bonds. The van der Waals surface area contributed by atoms with E-state index in [0.717, 1.165) is 15.6 Å². The number of nitrogens with one attached hydrogen (secondary N) is 2. The number of nitro groups is 1. The van der Waals surface area contributed by atoms with E-state index in [0.29, 0.717) is 26.3 Å². The third-order valence-corrected chi connectivity index (χ3v) is 4.64. The number of nitrogens with two attached hydrogens (primary N) is 1. The number of aromatic nitrogens is 7. The molecule has 4 N–H and O–H groups in total. The number of hydrazine groups is 1. The number of carbonyl (C=O) groups excluding carboxylic acids is 2. The van der Waals surface area contributed by atoms with Crippen LogP contribution in [0.1, 0.15) is 26.7 Å². The van der Waals surface area contributed by atoms with Crippen LogP contribution in [0.2, 0.25) is 0 Å². The van der Waals surface area contributed by atoms with Crippen LogP contribution in [0.5, 0.6) is 0 Å². The highest BCUT2D eigenvalue weighted by Crippen LogP contribution is 2.18. The van der Waals surface area contributed by atoms with Gasteiger partial charge in [0.15, 0.2) is 5.69 Å². The van der Waals surface area contributed by atoms with E-state index in [9.17, 15) is 19.7 Å². The molecule has 0 unspecified atom stereocenters. The van der Waals surface area contributed by atoms with Gasteiger partial charge in [-0.05, 0) is 10.3 Å². The fraction of sp³-hybridized carbons (Fsp3) is 0.400. The third kappa shape index (κ3) is 4.45. The minimum atomic E-state index is -0.993. The van der Waals surface area contributed by atoms with Crippen LogP contribution in [0.15, 0.2) is 10.8 Å². The fourth-order valence-corrected chi connectivity index (χ4v) is 3.11. The Labute approximate surface area is 183 Å². The first-order valence-electron chi connectivity index (χ1n) is 9.47. The summed E-state index contributed by atoms with van der Waals surface area (Å²) in [5.74, 6) is -2.04. The molecule has 18 nitrogen and oxygen atoms in total. The van der Waals surface area contributed by atoms with Crippen LogP contribution in [0.3, 0.4) is 0 Å². The van der Waals surface area contributed by atoms with Crippen molar-refractivity contribution in [3.05, 3.63) is 33.4 Å². The van der Waals surface area contributed by atoms with Gasteiger partial charge in [0, 0.05) is 26.7 Å². The van der Waals surface area contributed by atoms with Crippen molar-refractivity contribution in [1.82, 2.24) is 50.8 Å². The second-order valence-electron chi connectivity index (χ2n) is 6.86. The van der Waals surface area contributed by atoms with Gasteiger partial charge in [0.05, 0.1) is 18.1 Å². The Morgan fingerprint density at radius 3 is 2.64 bits per heavy atom. The largest absolute Gasteiger partial charge is 0.379 e. The zero-order chi connectivity index (χ0) is 23.5. The van der Waals surface area contributed by atoms with Crippen molar-refractivity contribution in [2.24, 2.45) is 7.05 Å². The molecule has 4 heterocycles. The predicted molar refractivity (Wildman–Crippen MR) is 105 cm³/mol. The van der Waals surface area contributed by atoms with Crippen LogP contribution in [-0.4, -0.2) is 83.0 Å². The lowest BCUT2D eigenvalue weighted by Gasteiger charge is -2.25. The van der Waals surface area contributed by atoms with Crippen LogP contribution in [0.4, 0.5) is 11.5 Å². The first kappa shape index (κ1) is 21.8. The Hall–Kier alpha value is -4.45. The molecule has 33 heavy (non-hydrogen) atoms. The second-order valence-corrected chi connectivity index (χ2v) is 6.86. The zero-order valence-corrected chi connectivity index (χ0v) is 17.2. The summed E-state index contributed by atoms with van der Waals surface area (Å²) in [4.78, 5) is 37.8. The van der Waals surface area contributed by atoms with E-state index < -0.39 is 28.1 Å². The highest BCUT2D eigenvalue weighted by atomic mass is 16.6. The first-order chi connectivity index (χ1) is 15.8. The summed E-state index contributed by atoms with van der Waals surface area (Å²) >= 11 is 0. The van der Waals surface area contributed by atoms with Crippen molar-refractivity contribution in [2.45, 2.75) is 6.54 Å². The highest BCUT2D eigenvalue weighted by molar-refractivity contribution is 6.00. The average Bonchev–Trinajstić information content (AvgIpc) is 3.50. The Bertz CT molecular complexity index is 1190. The molecule has 18 heteroatoms. The Morgan fingerprint density at radius 1 is 1.24 bits per heavy atom. The molecule has 0 atom stereocenters. The normalized spacial score (nSPS) is 14.2. The summed E-state index contributed by atoms with van der Waals surface area (Å²) in [5, 5.41) is 29.9. The molecule has 0 aliphatic carbocycles. The molecular formula is C15H18N12O6. The summed E-state index contributed by atoms with van der Waals surface area (Å²) in [6, 6.07) is 0. The standard InChI is InChI=1S/C15H18N12O6/c1-24-7-9(27(30)31)10(20-24)14(28)18-19-15(29)11-8(6-25-2-4-32-5-3-25)17-23-26(11)13-12(16)21-33-22-13/h7H,2-6H2,1H3,(H2,16,21)(H,18,28)(H,19,29). The molecule has 1 aliphatic rings. The average molecular weight is 462 g/mol. The smallest absolute Gasteiger partial charge is 0.320 e. The van der Waals surface area contributed by atoms with Gasteiger partial charge in [-0.2, -0.15) is 9.78 Å². The van der Waals surface area contributed by atoms with Gasteiger partial charge in [0.2, 0.25) is 17.3 Å². The molecule has 3 aromatic heterocycles. The zero-order valence-electron chi connectivity index (χ0n) is 17.2. The Morgan fingerprint density at radius 2 is 1.97 bits per heavy atom. The van der Waals surface area contributed by atoms with Crippen LogP contribution in [0.25, 0.3) is 5.82 Å². The molecule has 0 aromatic carbocycles. The number of hydrogen-bond acceptors (Lipinski definition) is 13. The van der Waals surface area contributed by atoms with Crippen molar-refractivity contribution < 1.29 is 23.9 Å². The van der Waals surface area contributed by atoms with E-state index in [-0.39, 0.29) is 29.6 Å². The number of carbonyl (C=O) groups is 2. The number of morpholine rings is 1. The van der Waals surface area contributed by atoms with Crippen LogP contribution in [0, 0.1) is 10.1 Å². The Balaban J connectivity index is 1.57. The Kier molecular flexibility index (Phi) is 5.91. The molecule has 1 saturated heterocycles. The number of nitrogen functional groups attached to an aromatic ring is 1. The topological polar surface area (TPSA) is 227 Å². The number of anilines is 1. The van der Waals surface area contributed by atoms with Crippen molar-refractivity contribution in [3.63, 3.8) is 0 Å². The van der Waals surface area contributed by atoms with Crippen LogP contribution >= 0.6 is 0 Å². The van der Waals surface area contributed by atoms with E-state index in [1.165, 1.54) is 7.05 Å². The van der Waals surface area contributed by atoms with Crippen molar-refractivity contribution >= 4 is 23.3 Å². The number of nitrogens with zero attached hydrogens (tertiary/aromatic N) is 9. The number of aryl methyl sites for hydroxylation is 1. The maximum absolute atomic E-state index is 13.0. The van der Waals surface area contributed by atoms with Gasteiger partial charge in [0.25, 0.3) is 11.8 Å². The second kappa shape index (κ2) is 8.96.